The first kappa shape index (κ1) is 19.2. The highest BCUT2D eigenvalue weighted by atomic mass is 32.2. The van der Waals surface area contributed by atoms with E-state index in [1.165, 1.54) is 11.8 Å². The molecule has 0 radical (unpaired) electrons. The van der Waals surface area contributed by atoms with Crippen LogP contribution in [0.5, 0.6) is 0 Å². The maximum atomic E-state index is 13.0. The standard InChI is InChI=1S/C19H27N3O3S/c1-25-9-8-21-18(23)12-26-17-5-3-2-4-14(17)19(24)22-10-13-6-7-16(20)15(13)11-22/h2-5,13,15-16H,6-12,20H2,1H3,(H,21,23). The number of carbonyl (C=O) groups excluding carboxylic acids is 2. The van der Waals surface area contributed by atoms with Gasteiger partial charge in [0.05, 0.1) is 17.9 Å². The monoisotopic (exact) mass is 377 g/mol. The molecule has 3 atom stereocenters. The maximum Gasteiger partial charge on any atom is 0.255 e. The van der Waals surface area contributed by atoms with E-state index in [-0.39, 0.29) is 23.6 Å². The third-order valence-electron chi connectivity index (χ3n) is 5.30. The van der Waals surface area contributed by atoms with Crippen LogP contribution in [0.3, 0.4) is 0 Å². The number of nitrogens with two attached hydrogens (primary N) is 1. The summed E-state index contributed by atoms with van der Waals surface area (Å²) in [5, 5.41) is 2.80. The van der Waals surface area contributed by atoms with Crippen molar-refractivity contribution in [2.75, 3.05) is 39.1 Å². The number of thioether (sulfide) groups is 1. The van der Waals surface area contributed by atoms with Gasteiger partial charge in [-0.15, -0.1) is 11.8 Å². The zero-order valence-electron chi connectivity index (χ0n) is 15.1. The van der Waals surface area contributed by atoms with Crippen molar-refractivity contribution in [3.8, 4) is 0 Å². The lowest BCUT2D eigenvalue weighted by Gasteiger charge is -2.20. The first-order valence-corrected chi connectivity index (χ1v) is 10.1. The molecule has 1 aliphatic heterocycles. The summed E-state index contributed by atoms with van der Waals surface area (Å²) >= 11 is 1.40. The highest BCUT2D eigenvalue weighted by Gasteiger charge is 2.42. The van der Waals surface area contributed by atoms with E-state index in [9.17, 15) is 9.59 Å². The van der Waals surface area contributed by atoms with Crippen molar-refractivity contribution in [3.05, 3.63) is 29.8 Å². The fourth-order valence-corrected chi connectivity index (χ4v) is 4.77. The van der Waals surface area contributed by atoms with Crippen LogP contribution in [0.1, 0.15) is 23.2 Å². The molecule has 1 aromatic carbocycles. The van der Waals surface area contributed by atoms with Gasteiger partial charge in [0.1, 0.15) is 0 Å². The normalized spacial score (nSPS) is 24.5. The fraction of sp³-hybridized carbons (Fsp3) is 0.579. The molecule has 0 bridgehead atoms. The number of hydrogen-bond donors (Lipinski definition) is 2. The van der Waals surface area contributed by atoms with Gasteiger partial charge in [0, 0.05) is 37.7 Å². The lowest BCUT2D eigenvalue weighted by atomic mass is 9.98. The SMILES string of the molecule is COCCNC(=O)CSc1ccccc1C(=O)N1CC2CCC(N)C2C1. The zero-order chi connectivity index (χ0) is 18.5. The molecule has 1 aromatic rings. The second kappa shape index (κ2) is 8.88. The lowest BCUT2D eigenvalue weighted by molar-refractivity contribution is -0.118. The predicted octanol–water partition coefficient (Wildman–Crippen LogP) is 1.35. The van der Waals surface area contributed by atoms with Crippen LogP contribution in [0.2, 0.25) is 0 Å². The molecule has 2 amide bonds. The number of carbonyl (C=O) groups is 2. The summed E-state index contributed by atoms with van der Waals surface area (Å²) in [5.41, 5.74) is 6.86. The Bertz CT molecular complexity index is 655. The molecule has 1 heterocycles. The van der Waals surface area contributed by atoms with Crippen LogP contribution < -0.4 is 11.1 Å². The summed E-state index contributed by atoms with van der Waals surface area (Å²) in [4.78, 5) is 27.7. The summed E-state index contributed by atoms with van der Waals surface area (Å²) in [7, 11) is 1.60. The van der Waals surface area contributed by atoms with Crippen LogP contribution in [0.25, 0.3) is 0 Å². The van der Waals surface area contributed by atoms with Crippen molar-refractivity contribution in [2.24, 2.45) is 17.6 Å². The molecule has 1 saturated carbocycles. The molecule has 3 unspecified atom stereocenters. The van der Waals surface area contributed by atoms with Gasteiger partial charge in [-0.1, -0.05) is 12.1 Å². The Morgan fingerprint density at radius 1 is 1.31 bits per heavy atom. The Labute approximate surface area is 158 Å². The predicted molar refractivity (Wildman–Crippen MR) is 102 cm³/mol. The van der Waals surface area contributed by atoms with Gasteiger partial charge in [0.25, 0.3) is 5.91 Å². The van der Waals surface area contributed by atoms with E-state index in [1.807, 2.05) is 29.2 Å². The van der Waals surface area contributed by atoms with Crippen molar-refractivity contribution in [1.82, 2.24) is 10.2 Å². The van der Waals surface area contributed by atoms with Crippen LogP contribution in [-0.4, -0.2) is 61.9 Å². The molecule has 0 aromatic heterocycles. The molecule has 3 N–H and O–H groups in total. The topological polar surface area (TPSA) is 84.7 Å². The minimum absolute atomic E-state index is 0.0505. The number of rotatable bonds is 7. The number of hydrogen-bond acceptors (Lipinski definition) is 5. The first-order chi connectivity index (χ1) is 12.6. The van der Waals surface area contributed by atoms with E-state index >= 15 is 0 Å². The molecule has 2 fully saturated rings. The summed E-state index contributed by atoms with van der Waals surface area (Å²) in [6.07, 6.45) is 2.19. The number of ether oxygens (including phenoxy) is 1. The van der Waals surface area contributed by atoms with Gasteiger partial charge in [0.2, 0.25) is 5.91 Å². The Morgan fingerprint density at radius 2 is 2.12 bits per heavy atom. The second-order valence-corrected chi connectivity index (χ2v) is 8.02. The maximum absolute atomic E-state index is 13.0. The Morgan fingerprint density at radius 3 is 2.88 bits per heavy atom. The molecule has 7 heteroatoms. The van der Waals surface area contributed by atoms with Gasteiger partial charge in [-0.25, -0.2) is 0 Å². The largest absolute Gasteiger partial charge is 0.383 e. The number of methoxy groups -OCH3 is 1. The van der Waals surface area contributed by atoms with Gasteiger partial charge < -0.3 is 20.7 Å². The molecule has 0 spiro atoms. The number of amides is 2. The van der Waals surface area contributed by atoms with Crippen LogP contribution in [0.15, 0.2) is 29.2 Å². The smallest absolute Gasteiger partial charge is 0.255 e. The van der Waals surface area contributed by atoms with Gasteiger partial charge in [-0.2, -0.15) is 0 Å². The Kier molecular flexibility index (Phi) is 6.56. The van der Waals surface area contributed by atoms with Crippen LogP contribution in [0, 0.1) is 11.8 Å². The Hall–Kier alpha value is -1.57. The lowest BCUT2D eigenvalue weighted by Crippen LogP contribution is -2.33. The number of likely N-dealkylation sites (tertiary alicyclic amines) is 1. The number of fused-ring (bicyclic) bond motifs is 1. The van der Waals surface area contributed by atoms with Crippen molar-refractivity contribution >= 4 is 23.6 Å². The van der Waals surface area contributed by atoms with Crippen molar-refractivity contribution in [2.45, 2.75) is 23.8 Å². The molecule has 2 aliphatic rings. The van der Waals surface area contributed by atoms with E-state index in [0.717, 1.165) is 30.8 Å². The van der Waals surface area contributed by atoms with E-state index in [2.05, 4.69) is 5.32 Å². The van der Waals surface area contributed by atoms with Crippen LogP contribution >= 0.6 is 11.8 Å². The third kappa shape index (κ3) is 4.39. The molecule has 1 aliphatic carbocycles. The van der Waals surface area contributed by atoms with E-state index in [0.29, 0.717) is 30.6 Å². The summed E-state index contributed by atoms with van der Waals surface area (Å²) in [6.45, 7) is 2.53. The molecule has 6 nitrogen and oxygen atoms in total. The van der Waals surface area contributed by atoms with E-state index < -0.39 is 0 Å². The summed E-state index contributed by atoms with van der Waals surface area (Å²) < 4.78 is 4.92. The van der Waals surface area contributed by atoms with Crippen molar-refractivity contribution in [3.63, 3.8) is 0 Å². The van der Waals surface area contributed by atoms with Gasteiger partial charge in [0.15, 0.2) is 0 Å². The molecule has 1 saturated heterocycles. The van der Waals surface area contributed by atoms with Crippen LogP contribution in [-0.2, 0) is 9.53 Å². The summed E-state index contributed by atoms with van der Waals surface area (Å²) in [6, 6.07) is 7.75. The molecular formula is C19H27N3O3S. The highest BCUT2D eigenvalue weighted by Crippen LogP contribution is 2.38. The van der Waals surface area contributed by atoms with Gasteiger partial charge >= 0.3 is 0 Å². The Balaban J connectivity index is 1.60. The van der Waals surface area contributed by atoms with Crippen molar-refractivity contribution in [1.29, 1.82) is 0 Å². The number of nitrogens with one attached hydrogen (secondary N) is 1. The minimum atomic E-state index is -0.0593. The second-order valence-electron chi connectivity index (χ2n) is 7.00. The third-order valence-corrected chi connectivity index (χ3v) is 6.38. The number of benzene rings is 1. The van der Waals surface area contributed by atoms with Gasteiger partial charge in [-0.3, -0.25) is 9.59 Å². The molecule has 26 heavy (non-hydrogen) atoms. The zero-order valence-corrected chi connectivity index (χ0v) is 16.0. The van der Waals surface area contributed by atoms with Crippen LogP contribution in [0.4, 0.5) is 0 Å². The van der Waals surface area contributed by atoms with E-state index in [1.54, 1.807) is 7.11 Å². The average molecular weight is 378 g/mol. The fourth-order valence-electron chi connectivity index (χ4n) is 3.90. The van der Waals surface area contributed by atoms with Gasteiger partial charge in [-0.05, 0) is 36.8 Å². The van der Waals surface area contributed by atoms with Crippen molar-refractivity contribution < 1.29 is 14.3 Å². The average Bonchev–Trinajstić information content (AvgIpc) is 3.22. The minimum Gasteiger partial charge on any atom is -0.383 e. The first-order valence-electron chi connectivity index (χ1n) is 9.12. The van der Waals surface area contributed by atoms with E-state index in [4.69, 9.17) is 10.5 Å². The molecular weight excluding hydrogens is 350 g/mol. The molecule has 142 valence electrons. The quantitative estimate of drug-likeness (QED) is 0.553. The summed E-state index contributed by atoms with van der Waals surface area (Å²) in [5.74, 6) is 1.25. The number of nitrogens with zero attached hydrogens (tertiary/aromatic N) is 1. The molecule has 3 rings (SSSR count). The highest BCUT2D eigenvalue weighted by molar-refractivity contribution is 8.00.